The summed E-state index contributed by atoms with van der Waals surface area (Å²) in [6.45, 7) is 1.98. The van der Waals surface area contributed by atoms with Gasteiger partial charge in [0.2, 0.25) is 0 Å². The van der Waals surface area contributed by atoms with E-state index in [1.807, 2.05) is 35.2 Å². The number of hydrogen-bond donors (Lipinski definition) is 2. The number of H-pyrrole nitrogens is 1. The molecule has 1 aromatic carbocycles. The Balaban J connectivity index is 0.00000121. The summed E-state index contributed by atoms with van der Waals surface area (Å²) in [5.41, 5.74) is 8.66. The van der Waals surface area contributed by atoms with Gasteiger partial charge in [0, 0.05) is 36.8 Å². The minimum atomic E-state index is 0. The summed E-state index contributed by atoms with van der Waals surface area (Å²) in [7, 11) is 0. The first-order valence-corrected chi connectivity index (χ1v) is 8.24. The van der Waals surface area contributed by atoms with Gasteiger partial charge in [0.25, 0.3) is 5.91 Å². The Morgan fingerprint density at radius 1 is 1.15 bits per heavy atom. The molecule has 2 atom stereocenters. The van der Waals surface area contributed by atoms with Gasteiger partial charge in [-0.2, -0.15) is 0 Å². The quantitative estimate of drug-likeness (QED) is 0.718. The molecule has 2 aromatic heterocycles. The van der Waals surface area contributed by atoms with Crippen LogP contribution in [0, 0.1) is 5.92 Å². The van der Waals surface area contributed by atoms with E-state index in [9.17, 15) is 4.79 Å². The molecule has 0 saturated carbocycles. The lowest BCUT2D eigenvalue weighted by Crippen LogP contribution is -2.29. The first-order chi connectivity index (χ1) is 11.8. The summed E-state index contributed by atoms with van der Waals surface area (Å²) in [5.74, 6) is 0.634. The number of nitrogens with two attached hydrogens (primary N) is 1. The van der Waals surface area contributed by atoms with Gasteiger partial charge in [0.05, 0.1) is 5.56 Å². The number of nitrogens with zero attached hydrogens (tertiary/aromatic N) is 2. The molecule has 3 aromatic rings. The van der Waals surface area contributed by atoms with E-state index in [-0.39, 0.29) is 30.7 Å². The fourth-order valence-corrected chi connectivity index (χ4v) is 3.66. The maximum atomic E-state index is 13.0. The second-order valence-corrected chi connectivity index (χ2v) is 6.33. The van der Waals surface area contributed by atoms with E-state index in [0.29, 0.717) is 37.0 Å². The monoisotopic (exact) mass is 392 g/mol. The molecule has 1 saturated heterocycles. The van der Waals surface area contributed by atoms with Gasteiger partial charge in [-0.15, -0.1) is 24.8 Å². The third-order valence-electron chi connectivity index (χ3n) is 4.94. The van der Waals surface area contributed by atoms with Crippen LogP contribution in [0.1, 0.15) is 21.8 Å². The number of nitrogens with one attached hydrogen (secondary N) is 1. The first kappa shape index (κ1) is 20.2. The number of hydrogen-bond acceptors (Lipinski definition) is 3. The van der Waals surface area contributed by atoms with Gasteiger partial charge in [-0.25, -0.2) is 4.98 Å². The summed E-state index contributed by atoms with van der Waals surface area (Å²) < 4.78 is 0. The fraction of sp³-hybridized carbons (Fsp3) is 0.263. The molecule has 3 heterocycles. The Morgan fingerprint density at radius 2 is 1.92 bits per heavy atom. The van der Waals surface area contributed by atoms with Crippen molar-refractivity contribution in [3.8, 4) is 0 Å². The van der Waals surface area contributed by atoms with Gasteiger partial charge in [-0.1, -0.05) is 30.3 Å². The van der Waals surface area contributed by atoms with E-state index in [0.717, 1.165) is 11.0 Å². The van der Waals surface area contributed by atoms with E-state index in [4.69, 9.17) is 5.73 Å². The van der Waals surface area contributed by atoms with E-state index >= 15 is 0 Å². The smallest absolute Gasteiger partial charge is 0.256 e. The molecule has 138 valence electrons. The summed E-state index contributed by atoms with van der Waals surface area (Å²) in [6.07, 6.45) is 3.48. The molecule has 3 N–H and O–H groups in total. The van der Waals surface area contributed by atoms with E-state index < -0.39 is 0 Å². The SMILES string of the molecule is Cl.Cl.NC[C@@H]1CN(C(=O)c2c[nH]c3ncccc23)C[C@H]1c1ccccc1. The minimum absolute atomic E-state index is 0. The third kappa shape index (κ3) is 3.56. The van der Waals surface area contributed by atoms with Crippen molar-refractivity contribution in [1.82, 2.24) is 14.9 Å². The lowest BCUT2D eigenvalue weighted by Gasteiger charge is -2.16. The zero-order valence-corrected chi connectivity index (χ0v) is 15.8. The molecule has 26 heavy (non-hydrogen) atoms. The van der Waals surface area contributed by atoms with Crippen molar-refractivity contribution < 1.29 is 4.79 Å². The number of carbonyl (C=O) groups excluding carboxylic acids is 1. The maximum Gasteiger partial charge on any atom is 0.256 e. The Kier molecular flexibility index (Phi) is 6.64. The predicted octanol–water partition coefficient (Wildman–Crippen LogP) is 3.22. The van der Waals surface area contributed by atoms with Crippen LogP contribution in [-0.4, -0.2) is 40.4 Å². The second kappa shape index (κ2) is 8.54. The number of halogens is 2. The highest BCUT2D eigenvalue weighted by Gasteiger charge is 2.36. The number of carbonyl (C=O) groups is 1. The topological polar surface area (TPSA) is 75.0 Å². The van der Waals surface area contributed by atoms with E-state index in [2.05, 4.69) is 22.1 Å². The molecule has 1 aliphatic rings. The lowest BCUT2D eigenvalue weighted by molar-refractivity contribution is 0.0788. The first-order valence-electron chi connectivity index (χ1n) is 8.24. The zero-order chi connectivity index (χ0) is 16.5. The molecule has 1 amide bonds. The number of fused-ring (bicyclic) bond motifs is 1. The molecule has 0 unspecified atom stereocenters. The molecule has 0 aliphatic carbocycles. The Bertz CT molecular complexity index is 868. The number of amides is 1. The fourth-order valence-electron chi connectivity index (χ4n) is 3.66. The van der Waals surface area contributed by atoms with Gasteiger partial charge in [-0.05, 0) is 30.2 Å². The van der Waals surface area contributed by atoms with Gasteiger partial charge >= 0.3 is 0 Å². The second-order valence-electron chi connectivity index (χ2n) is 6.33. The molecular formula is C19H22Cl2N4O. The Hall–Kier alpha value is -2.08. The van der Waals surface area contributed by atoms with Crippen molar-refractivity contribution in [2.24, 2.45) is 11.7 Å². The van der Waals surface area contributed by atoms with E-state index in [1.165, 1.54) is 5.56 Å². The standard InChI is InChI=1S/C19H20N4O.2ClH/c20-9-14-11-23(12-17(14)13-5-2-1-3-6-13)19(24)16-10-22-18-15(16)7-4-8-21-18;;/h1-8,10,14,17H,9,11-12,20H2,(H,21,22);2*1H/t14-,17+;;/m1../s1. The molecule has 1 aliphatic heterocycles. The number of pyridine rings is 1. The van der Waals surface area contributed by atoms with Crippen LogP contribution in [0.3, 0.4) is 0 Å². The van der Waals surface area contributed by atoms with Crippen molar-refractivity contribution in [3.05, 3.63) is 66.0 Å². The van der Waals surface area contributed by atoms with Crippen molar-refractivity contribution >= 4 is 41.8 Å². The molecule has 7 heteroatoms. The molecule has 0 spiro atoms. The predicted molar refractivity (Wildman–Crippen MR) is 108 cm³/mol. The van der Waals surface area contributed by atoms with Gasteiger partial charge in [0.1, 0.15) is 5.65 Å². The van der Waals surface area contributed by atoms with Gasteiger partial charge in [0.15, 0.2) is 0 Å². The van der Waals surface area contributed by atoms with Crippen LogP contribution in [0.4, 0.5) is 0 Å². The molecule has 1 fully saturated rings. The highest BCUT2D eigenvalue weighted by Crippen LogP contribution is 2.33. The van der Waals surface area contributed by atoms with Crippen LogP contribution in [0.5, 0.6) is 0 Å². The van der Waals surface area contributed by atoms with Crippen molar-refractivity contribution in [3.63, 3.8) is 0 Å². The third-order valence-corrected chi connectivity index (χ3v) is 4.94. The average molecular weight is 393 g/mol. The highest BCUT2D eigenvalue weighted by atomic mass is 35.5. The number of aromatic nitrogens is 2. The summed E-state index contributed by atoms with van der Waals surface area (Å²) >= 11 is 0. The molecular weight excluding hydrogens is 371 g/mol. The van der Waals surface area contributed by atoms with Crippen LogP contribution < -0.4 is 5.73 Å². The van der Waals surface area contributed by atoms with Crippen LogP contribution in [0.15, 0.2) is 54.9 Å². The van der Waals surface area contributed by atoms with Crippen molar-refractivity contribution in [1.29, 1.82) is 0 Å². The summed E-state index contributed by atoms with van der Waals surface area (Å²) in [5, 5.41) is 0.870. The average Bonchev–Trinajstić information content (AvgIpc) is 3.26. The Labute approximate surface area is 164 Å². The summed E-state index contributed by atoms with van der Waals surface area (Å²) in [6, 6.07) is 14.1. The largest absolute Gasteiger partial charge is 0.345 e. The van der Waals surface area contributed by atoms with Gasteiger partial charge in [-0.3, -0.25) is 4.79 Å². The number of benzene rings is 1. The van der Waals surface area contributed by atoms with Crippen LogP contribution in [0.2, 0.25) is 0 Å². The molecule has 5 nitrogen and oxygen atoms in total. The number of aromatic amines is 1. The minimum Gasteiger partial charge on any atom is -0.345 e. The zero-order valence-electron chi connectivity index (χ0n) is 14.2. The Morgan fingerprint density at radius 3 is 2.65 bits per heavy atom. The number of rotatable bonds is 3. The normalized spacial score (nSPS) is 19.0. The molecule has 4 rings (SSSR count). The molecule has 0 bridgehead atoms. The van der Waals surface area contributed by atoms with Gasteiger partial charge < -0.3 is 15.6 Å². The number of likely N-dealkylation sites (tertiary alicyclic amines) is 1. The summed E-state index contributed by atoms with van der Waals surface area (Å²) in [4.78, 5) is 22.3. The van der Waals surface area contributed by atoms with Crippen molar-refractivity contribution in [2.75, 3.05) is 19.6 Å². The molecule has 0 radical (unpaired) electrons. The van der Waals surface area contributed by atoms with Crippen LogP contribution in [0.25, 0.3) is 11.0 Å². The lowest BCUT2D eigenvalue weighted by atomic mass is 9.89. The van der Waals surface area contributed by atoms with E-state index in [1.54, 1.807) is 12.4 Å². The van der Waals surface area contributed by atoms with Crippen LogP contribution in [-0.2, 0) is 0 Å². The van der Waals surface area contributed by atoms with Crippen molar-refractivity contribution in [2.45, 2.75) is 5.92 Å². The van der Waals surface area contributed by atoms with Crippen LogP contribution >= 0.6 is 24.8 Å². The maximum absolute atomic E-state index is 13.0. The highest BCUT2D eigenvalue weighted by molar-refractivity contribution is 6.06.